The first-order valence-corrected chi connectivity index (χ1v) is 12.0. The molecule has 0 unspecified atom stereocenters. The van der Waals surface area contributed by atoms with Crippen molar-refractivity contribution < 1.29 is 22.7 Å². The van der Waals surface area contributed by atoms with Crippen molar-refractivity contribution in [3.63, 3.8) is 0 Å². The summed E-state index contributed by atoms with van der Waals surface area (Å²) in [6.07, 6.45) is 1.63. The molecular weight excluding hydrogens is 440 g/mol. The minimum atomic E-state index is -3.35. The zero-order valence-electron chi connectivity index (χ0n) is 17.4. The maximum Gasteiger partial charge on any atom is 0.339 e. The molecule has 11 heteroatoms. The largest absolute Gasteiger partial charge is 0.465 e. The van der Waals surface area contributed by atoms with Gasteiger partial charge in [-0.1, -0.05) is 19.1 Å². The Kier molecular flexibility index (Phi) is 6.46. The molecule has 9 nitrogen and oxygen atoms in total. The monoisotopic (exact) mass is 462 g/mol. The van der Waals surface area contributed by atoms with Crippen LogP contribution < -0.4 is 10.0 Å². The summed E-state index contributed by atoms with van der Waals surface area (Å²) in [7, 11) is -2.05. The molecule has 164 valence electrons. The predicted molar refractivity (Wildman–Crippen MR) is 120 cm³/mol. The van der Waals surface area contributed by atoms with Crippen LogP contribution in [-0.2, 0) is 21.2 Å². The Bertz CT molecular complexity index is 1230. The van der Waals surface area contributed by atoms with Gasteiger partial charge in [0.05, 0.1) is 24.6 Å². The average Bonchev–Trinajstić information content (AvgIpc) is 3.31. The molecule has 2 heterocycles. The molecule has 2 aromatic heterocycles. The lowest BCUT2D eigenvalue weighted by atomic mass is 10.1. The number of benzene rings is 1. The lowest BCUT2D eigenvalue weighted by Gasteiger charge is -2.04. The van der Waals surface area contributed by atoms with E-state index < -0.39 is 21.9 Å². The van der Waals surface area contributed by atoms with Crippen LogP contribution in [0.5, 0.6) is 0 Å². The third kappa shape index (κ3) is 5.12. The zero-order chi connectivity index (χ0) is 22.8. The Hall–Kier alpha value is -3.18. The van der Waals surface area contributed by atoms with Gasteiger partial charge in [-0.2, -0.15) is 0 Å². The second kappa shape index (κ2) is 8.90. The quantitative estimate of drug-likeness (QED) is 0.461. The van der Waals surface area contributed by atoms with E-state index in [1.807, 2.05) is 6.92 Å². The van der Waals surface area contributed by atoms with Gasteiger partial charge < -0.3 is 9.72 Å². The van der Waals surface area contributed by atoms with Gasteiger partial charge in [-0.3, -0.25) is 14.8 Å². The number of hydrogen-bond donors (Lipinski definition) is 3. The number of thiazole rings is 1. The van der Waals surface area contributed by atoms with Crippen LogP contribution >= 0.6 is 11.3 Å². The third-order valence-electron chi connectivity index (χ3n) is 4.51. The first kappa shape index (κ1) is 22.5. The number of methoxy groups -OCH3 is 1. The van der Waals surface area contributed by atoms with Crippen molar-refractivity contribution in [2.24, 2.45) is 0 Å². The van der Waals surface area contributed by atoms with E-state index >= 15 is 0 Å². The molecule has 3 aromatic rings. The van der Waals surface area contributed by atoms with E-state index in [-0.39, 0.29) is 5.69 Å². The van der Waals surface area contributed by atoms with Crippen LogP contribution in [0.25, 0.3) is 11.3 Å². The van der Waals surface area contributed by atoms with Gasteiger partial charge >= 0.3 is 5.97 Å². The van der Waals surface area contributed by atoms with E-state index in [1.54, 1.807) is 36.6 Å². The number of anilines is 2. The summed E-state index contributed by atoms with van der Waals surface area (Å²) < 4.78 is 29.8. The van der Waals surface area contributed by atoms with E-state index in [4.69, 9.17) is 4.74 Å². The fourth-order valence-electron chi connectivity index (χ4n) is 3.08. The van der Waals surface area contributed by atoms with E-state index in [2.05, 4.69) is 20.0 Å². The van der Waals surface area contributed by atoms with Gasteiger partial charge in [0.2, 0.25) is 10.0 Å². The molecule has 0 atom stereocenters. The number of esters is 1. The smallest absolute Gasteiger partial charge is 0.339 e. The number of aromatic nitrogens is 2. The number of carbonyl (C=O) groups is 2. The molecule has 1 amide bonds. The number of H-pyrrole nitrogens is 1. The lowest BCUT2D eigenvalue weighted by molar-refractivity contribution is 0.0599. The van der Waals surface area contributed by atoms with Gasteiger partial charge in [0, 0.05) is 22.3 Å². The molecule has 0 saturated heterocycles. The van der Waals surface area contributed by atoms with Crippen LogP contribution in [0, 0.1) is 6.92 Å². The molecule has 0 bridgehead atoms. The minimum absolute atomic E-state index is 0.283. The van der Waals surface area contributed by atoms with Crippen LogP contribution in [0.1, 0.15) is 39.0 Å². The summed E-state index contributed by atoms with van der Waals surface area (Å²) in [5, 5.41) is 4.93. The lowest BCUT2D eigenvalue weighted by Crippen LogP contribution is -2.14. The first-order chi connectivity index (χ1) is 14.6. The van der Waals surface area contributed by atoms with E-state index in [9.17, 15) is 18.0 Å². The fourth-order valence-corrected chi connectivity index (χ4v) is 4.35. The van der Waals surface area contributed by atoms with Crippen LogP contribution in [-0.4, -0.2) is 43.6 Å². The molecule has 0 fully saturated rings. The highest BCUT2D eigenvalue weighted by molar-refractivity contribution is 7.92. The summed E-state index contributed by atoms with van der Waals surface area (Å²) in [5.41, 5.74) is 3.67. The molecule has 1 aromatic carbocycles. The number of nitrogens with one attached hydrogen (secondary N) is 3. The Balaban J connectivity index is 1.78. The molecule has 0 spiro atoms. The summed E-state index contributed by atoms with van der Waals surface area (Å²) in [6, 6.07) is 6.74. The van der Waals surface area contributed by atoms with Gasteiger partial charge in [0.1, 0.15) is 5.69 Å². The van der Waals surface area contributed by atoms with Crippen LogP contribution in [0.2, 0.25) is 0 Å². The molecule has 31 heavy (non-hydrogen) atoms. The maximum atomic E-state index is 12.8. The second-order valence-electron chi connectivity index (χ2n) is 6.77. The molecular formula is C20H22N4O5S2. The van der Waals surface area contributed by atoms with Gasteiger partial charge in [-0.25, -0.2) is 18.2 Å². The summed E-state index contributed by atoms with van der Waals surface area (Å²) >= 11 is 1.25. The van der Waals surface area contributed by atoms with Crippen molar-refractivity contribution in [3.8, 4) is 11.3 Å². The Morgan fingerprint density at radius 2 is 1.90 bits per heavy atom. The maximum absolute atomic E-state index is 12.8. The summed E-state index contributed by atoms with van der Waals surface area (Å²) in [5.74, 6) is -0.897. The fraction of sp³-hybridized carbons (Fsp3) is 0.250. The van der Waals surface area contributed by atoms with Crippen LogP contribution in [0.3, 0.4) is 0 Å². The van der Waals surface area contributed by atoms with Crippen molar-refractivity contribution >= 4 is 44.1 Å². The van der Waals surface area contributed by atoms with Crippen molar-refractivity contribution in [2.45, 2.75) is 20.3 Å². The number of sulfonamides is 1. The molecule has 3 N–H and O–H groups in total. The number of rotatable bonds is 7. The molecule has 0 radical (unpaired) electrons. The van der Waals surface area contributed by atoms with Gasteiger partial charge in [0.25, 0.3) is 5.91 Å². The third-order valence-corrected chi connectivity index (χ3v) is 5.87. The zero-order valence-corrected chi connectivity index (χ0v) is 19.0. The Labute approximate surface area is 183 Å². The standard InChI is InChI=1S/C20H22N4O5S2/c1-5-14-16(19(26)29-3)11(2)17(21-14)18(25)23-20-22-15(10-30-20)12-6-8-13(9-7-12)24-31(4,27)28/h6-10,21,24H,5H2,1-4H3,(H,22,23,25). The SMILES string of the molecule is CCc1[nH]c(C(=O)Nc2nc(-c3ccc(NS(C)(=O)=O)cc3)cs2)c(C)c1C(=O)OC. The summed E-state index contributed by atoms with van der Waals surface area (Å²) in [4.78, 5) is 32.2. The number of carbonyl (C=O) groups excluding carboxylic acids is 2. The number of nitrogens with zero attached hydrogens (tertiary/aromatic N) is 1. The molecule has 0 aliphatic carbocycles. The van der Waals surface area contributed by atoms with E-state index in [0.29, 0.717) is 39.8 Å². The van der Waals surface area contributed by atoms with Crippen molar-refractivity contribution in [3.05, 3.63) is 52.2 Å². The predicted octanol–water partition coefficient (Wildman–Crippen LogP) is 3.42. The minimum Gasteiger partial charge on any atom is -0.465 e. The summed E-state index contributed by atoms with van der Waals surface area (Å²) in [6.45, 7) is 3.57. The Morgan fingerprint density at radius 3 is 2.48 bits per heavy atom. The Morgan fingerprint density at radius 1 is 1.23 bits per heavy atom. The van der Waals surface area contributed by atoms with E-state index in [0.717, 1.165) is 11.8 Å². The molecule has 0 aliphatic heterocycles. The number of aryl methyl sites for hydroxylation is 1. The van der Waals surface area contributed by atoms with Gasteiger partial charge in [-0.05, 0) is 31.0 Å². The normalized spacial score (nSPS) is 11.2. The number of ether oxygens (including phenoxy) is 1. The van der Waals surface area contributed by atoms with Crippen molar-refractivity contribution in [1.82, 2.24) is 9.97 Å². The number of amides is 1. The number of hydrogen-bond acceptors (Lipinski definition) is 7. The second-order valence-corrected chi connectivity index (χ2v) is 9.37. The van der Waals surface area contributed by atoms with Crippen LogP contribution in [0.15, 0.2) is 29.6 Å². The molecule has 0 aliphatic rings. The average molecular weight is 463 g/mol. The highest BCUT2D eigenvalue weighted by atomic mass is 32.2. The van der Waals surface area contributed by atoms with Crippen molar-refractivity contribution in [1.29, 1.82) is 0 Å². The van der Waals surface area contributed by atoms with Gasteiger partial charge in [-0.15, -0.1) is 11.3 Å². The highest BCUT2D eigenvalue weighted by Gasteiger charge is 2.24. The number of aromatic amines is 1. The molecule has 0 saturated carbocycles. The van der Waals surface area contributed by atoms with E-state index in [1.165, 1.54) is 18.4 Å². The first-order valence-electron chi connectivity index (χ1n) is 9.27. The van der Waals surface area contributed by atoms with Gasteiger partial charge in [0.15, 0.2) is 5.13 Å². The van der Waals surface area contributed by atoms with Crippen LogP contribution in [0.4, 0.5) is 10.8 Å². The van der Waals surface area contributed by atoms with Crippen molar-refractivity contribution in [2.75, 3.05) is 23.4 Å². The highest BCUT2D eigenvalue weighted by Crippen LogP contribution is 2.27. The topological polar surface area (TPSA) is 130 Å². The molecule has 3 rings (SSSR count).